The minimum atomic E-state index is -0.106. The number of rotatable bonds is 4. The standard InChI is InChI=1S/C45H31N3OS2/c1-2-10-26(11-3-1)43-46-44(27-20-22-30-29-12-4-6-18-37(29)49-38(30)24-27)48-45(47-43)28-21-23-32-34-15-9-17-36(42(34)51-40(32)25-28)35-16-8-14-33-31-13-5-7-19-39(31)50-41(33)35/h1-25,43-48H. The Kier molecular flexibility index (Phi) is 6.69. The largest absolute Gasteiger partial charge is 0.456 e. The molecule has 4 nitrogen and oxygen atoms in total. The number of hydrogen-bond acceptors (Lipinski definition) is 6. The van der Waals surface area contributed by atoms with E-state index in [1.54, 1.807) is 0 Å². The van der Waals surface area contributed by atoms with Crippen LogP contribution in [0.25, 0.3) is 73.4 Å². The normalized spacial score (nSPS) is 18.2. The molecule has 0 aliphatic carbocycles. The van der Waals surface area contributed by atoms with Gasteiger partial charge in [0.25, 0.3) is 0 Å². The van der Waals surface area contributed by atoms with Gasteiger partial charge in [-0.15, -0.1) is 22.7 Å². The molecule has 1 aliphatic heterocycles. The van der Waals surface area contributed by atoms with Crippen LogP contribution in [0.1, 0.15) is 35.2 Å². The van der Waals surface area contributed by atoms with Crippen molar-refractivity contribution >= 4 is 85.0 Å². The minimum absolute atomic E-state index is 0.0553. The second-order valence-corrected chi connectivity index (χ2v) is 15.5. The monoisotopic (exact) mass is 693 g/mol. The molecule has 10 aromatic rings. The Bertz CT molecular complexity index is 2940. The lowest BCUT2D eigenvalue weighted by atomic mass is 10.00. The van der Waals surface area contributed by atoms with E-state index in [0.29, 0.717) is 0 Å². The van der Waals surface area contributed by atoms with Gasteiger partial charge in [-0.2, -0.15) is 0 Å². The highest BCUT2D eigenvalue weighted by atomic mass is 32.1. The summed E-state index contributed by atoms with van der Waals surface area (Å²) in [6.45, 7) is 0. The maximum atomic E-state index is 6.30. The number of hydrogen-bond donors (Lipinski definition) is 3. The van der Waals surface area contributed by atoms with Crippen molar-refractivity contribution in [3.8, 4) is 11.1 Å². The summed E-state index contributed by atoms with van der Waals surface area (Å²) in [4.78, 5) is 0. The summed E-state index contributed by atoms with van der Waals surface area (Å²) in [6.07, 6.45) is -0.250. The van der Waals surface area contributed by atoms with Crippen molar-refractivity contribution in [3.05, 3.63) is 168 Å². The van der Waals surface area contributed by atoms with Crippen molar-refractivity contribution in [1.82, 2.24) is 16.0 Å². The first-order chi connectivity index (χ1) is 25.2. The summed E-state index contributed by atoms with van der Waals surface area (Å²) in [6, 6.07) is 54.7. The van der Waals surface area contributed by atoms with Gasteiger partial charge in [-0.1, -0.05) is 127 Å². The van der Waals surface area contributed by atoms with E-state index in [4.69, 9.17) is 4.42 Å². The van der Waals surface area contributed by atoms with E-state index in [1.165, 1.54) is 62.6 Å². The molecule has 1 fully saturated rings. The Balaban J connectivity index is 1.00. The number of benzene rings is 7. The summed E-state index contributed by atoms with van der Waals surface area (Å²) in [7, 11) is 0. The van der Waals surface area contributed by atoms with Crippen LogP contribution in [0, 0.1) is 0 Å². The van der Waals surface area contributed by atoms with E-state index in [2.05, 4.69) is 155 Å². The summed E-state index contributed by atoms with van der Waals surface area (Å²) in [5.74, 6) is 0. The average molecular weight is 694 g/mol. The quantitative estimate of drug-likeness (QED) is 0.172. The van der Waals surface area contributed by atoms with Gasteiger partial charge < -0.3 is 4.42 Å². The molecule has 0 amide bonds. The van der Waals surface area contributed by atoms with Crippen LogP contribution in [0.4, 0.5) is 0 Å². The summed E-state index contributed by atoms with van der Waals surface area (Å²) >= 11 is 3.79. The number of nitrogens with one attached hydrogen (secondary N) is 3. The Morgan fingerprint density at radius 2 is 0.902 bits per heavy atom. The summed E-state index contributed by atoms with van der Waals surface area (Å²) in [5, 5.41) is 19.1. The van der Waals surface area contributed by atoms with Gasteiger partial charge in [-0.3, -0.25) is 16.0 Å². The Hall–Kier alpha value is -5.34. The minimum Gasteiger partial charge on any atom is -0.456 e. The molecule has 4 heterocycles. The van der Waals surface area contributed by atoms with Crippen molar-refractivity contribution in [2.75, 3.05) is 0 Å². The van der Waals surface area contributed by atoms with Crippen molar-refractivity contribution in [2.24, 2.45) is 0 Å². The number of para-hydroxylation sites is 1. The van der Waals surface area contributed by atoms with E-state index >= 15 is 0 Å². The van der Waals surface area contributed by atoms with E-state index in [1.807, 2.05) is 34.8 Å². The Morgan fingerprint density at radius 3 is 1.65 bits per heavy atom. The van der Waals surface area contributed by atoms with Crippen LogP contribution >= 0.6 is 22.7 Å². The fourth-order valence-corrected chi connectivity index (χ4v) is 10.5. The van der Waals surface area contributed by atoms with Crippen LogP contribution < -0.4 is 16.0 Å². The van der Waals surface area contributed by atoms with Crippen molar-refractivity contribution < 1.29 is 4.42 Å². The lowest BCUT2D eigenvalue weighted by molar-refractivity contribution is 0.203. The molecule has 11 rings (SSSR count). The number of fused-ring (bicyclic) bond motifs is 9. The highest BCUT2D eigenvalue weighted by Crippen LogP contribution is 2.45. The Labute approximate surface area is 302 Å². The molecule has 3 aromatic heterocycles. The van der Waals surface area contributed by atoms with Crippen LogP contribution in [0.3, 0.4) is 0 Å². The summed E-state index contributed by atoms with van der Waals surface area (Å²) in [5.41, 5.74) is 7.96. The van der Waals surface area contributed by atoms with Crippen LogP contribution in [0.5, 0.6) is 0 Å². The van der Waals surface area contributed by atoms with Crippen LogP contribution in [0.2, 0.25) is 0 Å². The maximum absolute atomic E-state index is 6.30. The van der Waals surface area contributed by atoms with Crippen LogP contribution in [0.15, 0.2) is 156 Å². The number of thiophene rings is 2. The molecule has 0 saturated carbocycles. The molecule has 1 saturated heterocycles. The van der Waals surface area contributed by atoms with Gasteiger partial charge in [0.1, 0.15) is 11.2 Å². The van der Waals surface area contributed by atoms with Crippen molar-refractivity contribution in [3.63, 3.8) is 0 Å². The second-order valence-electron chi connectivity index (χ2n) is 13.4. The maximum Gasteiger partial charge on any atom is 0.135 e. The molecule has 244 valence electrons. The smallest absolute Gasteiger partial charge is 0.135 e. The zero-order valence-electron chi connectivity index (χ0n) is 27.4. The van der Waals surface area contributed by atoms with E-state index < -0.39 is 0 Å². The molecule has 6 heteroatoms. The van der Waals surface area contributed by atoms with Crippen molar-refractivity contribution in [1.29, 1.82) is 0 Å². The van der Waals surface area contributed by atoms with Gasteiger partial charge in [0, 0.05) is 62.2 Å². The first-order valence-corrected chi connectivity index (χ1v) is 19.0. The average Bonchev–Trinajstić information content (AvgIpc) is 3.88. The molecule has 0 bridgehead atoms. The lowest BCUT2D eigenvalue weighted by Crippen LogP contribution is -2.54. The van der Waals surface area contributed by atoms with E-state index in [9.17, 15) is 0 Å². The molecule has 3 atom stereocenters. The molecule has 51 heavy (non-hydrogen) atoms. The third-order valence-corrected chi connectivity index (χ3v) is 12.8. The zero-order chi connectivity index (χ0) is 33.5. The van der Waals surface area contributed by atoms with Crippen molar-refractivity contribution in [2.45, 2.75) is 18.5 Å². The van der Waals surface area contributed by atoms with Gasteiger partial charge in [0.2, 0.25) is 0 Å². The zero-order valence-corrected chi connectivity index (χ0v) is 29.0. The third-order valence-electron chi connectivity index (χ3n) is 10.4. The predicted octanol–water partition coefficient (Wildman–Crippen LogP) is 12.2. The van der Waals surface area contributed by atoms with Crippen LogP contribution in [-0.2, 0) is 0 Å². The molecular formula is C45H31N3OS2. The third kappa shape index (κ3) is 4.76. The predicted molar refractivity (Wildman–Crippen MR) is 215 cm³/mol. The highest BCUT2D eigenvalue weighted by molar-refractivity contribution is 7.27. The summed E-state index contributed by atoms with van der Waals surface area (Å²) < 4.78 is 11.6. The second kappa shape index (κ2) is 11.6. The molecule has 1 aliphatic rings. The highest BCUT2D eigenvalue weighted by Gasteiger charge is 2.30. The van der Waals surface area contributed by atoms with E-state index in [-0.39, 0.29) is 18.5 Å². The first-order valence-electron chi connectivity index (χ1n) is 17.4. The lowest BCUT2D eigenvalue weighted by Gasteiger charge is -2.39. The van der Waals surface area contributed by atoms with E-state index in [0.717, 1.165) is 27.5 Å². The molecule has 7 aromatic carbocycles. The first kappa shape index (κ1) is 29.4. The van der Waals surface area contributed by atoms with Gasteiger partial charge >= 0.3 is 0 Å². The van der Waals surface area contributed by atoms with Gasteiger partial charge in [0.15, 0.2) is 0 Å². The van der Waals surface area contributed by atoms with Crippen LogP contribution in [-0.4, -0.2) is 0 Å². The molecular weight excluding hydrogens is 663 g/mol. The SMILES string of the molecule is c1ccc(C2NC(c3ccc4c(c3)oc3ccccc34)NC(c3ccc4c(c3)sc3c(-c5cccc6c5sc5ccccc56)cccc34)N2)cc1. The molecule has 0 spiro atoms. The van der Waals surface area contributed by atoms with Gasteiger partial charge in [-0.25, -0.2) is 0 Å². The van der Waals surface area contributed by atoms with Gasteiger partial charge in [0.05, 0.1) is 18.5 Å². The number of furan rings is 1. The van der Waals surface area contributed by atoms with Gasteiger partial charge in [-0.05, 0) is 41.0 Å². The topological polar surface area (TPSA) is 49.2 Å². The fourth-order valence-electron chi connectivity index (χ4n) is 7.96. The Morgan fingerprint density at radius 1 is 0.373 bits per heavy atom. The molecule has 3 unspecified atom stereocenters. The fraction of sp³-hybridized carbons (Fsp3) is 0.0667. The molecule has 0 radical (unpaired) electrons. The molecule has 3 N–H and O–H groups in total.